The first-order valence-corrected chi connectivity index (χ1v) is 8.12. The van der Waals surface area contributed by atoms with Crippen LogP contribution in [0.3, 0.4) is 0 Å². The number of rotatable bonds is 6. The zero-order valence-electron chi connectivity index (χ0n) is 13.2. The topological polar surface area (TPSA) is 38.3 Å². The van der Waals surface area contributed by atoms with Crippen molar-refractivity contribution in [2.45, 2.75) is 20.3 Å². The molecule has 3 nitrogen and oxygen atoms in total. The van der Waals surface area contributed by atoms with Crippen molar-refractivity contribution in [3.63, 3.8) is 0 Å². The quantitative estimate of drug-likeness (QED) is 0.840. The van der Waals surface area contributed by atoms with Crippen LogP contribution in [0.5, 0.6) is 5.75 Å². The number of hydrogen-bond acceptors (Lipinski definition) is 2. The zero-order valence-corrected chi connectivity index (χ0v) is 14.7. The van der Waals surface area contributed by atoms with Crippen LogP contribution in [0.4, 0.5) is 0 Å². The molecule has 1 N–H and O–H groups in total. The summed E-state index contributed by atoms with van der Waals surface area (Å²) in [4.78, 5) is 11.8. The van der Waals surface area contributed by atoms with Crippen LogP contribution in [0.2, 0.25) is 10.0 Å². The Hall–Kier alpha value is -1.71. The molecule has 0 atom stereocenters. The highest BCUT2D eigenvalue weighted by Gasteiger charge is 2.06. The van der Waals surface area contributed by atoms with Gasteiger partial charge >= 0.3 is 0 Å². The van der Waals surface area contributed by atoms with E-state index < -0.39 is 0 Å². The van der Waals surface area contributed by atoms with Crippen molar-refractivity contribution in [2.75, 3.05) is 13.2 Å². The molecule has 0 aromatic heterocycles. The third kappa shape index (κ3) is 5.45. The summed E-state index contributed by atoms with van der Waals surface area (Å²) in [6.07, 6.45) is 0.752. The predicted octanol–water partition coefficient (Wildman–Crippen LogP) is 4.35. The fraction of sp³-hybridized carbons (Fsp3) is 0.278. The fourth-order valence-corrected chi connectivity index (χ4v) is 2.42. The first-order valence-electron chi connectivity index (χ1n) is 7.36. The van der Waals surface area contributed by atoms with Gasteiger partial charge in [-0.2, -0.15) is 0 Å². The van der Waals surface area contributed by atoms with Crippen molar-refractivity contribution < 1.29 is 9.53 Å². The zero-order chi connectivity index (χ0) is 16.8. The van der Waals surface area contributed by atoms with E-state index in [1.54, 1.807) is 0 Å². The molecular weight excluding hydrogens is 333 g/mol. The summed E-state index contributed by atoms with van der Waals surface area (Å²) in [6.45, 7) is 4.37. The van der Waals surface area contributed by atoms with Gasteiger partial charge in [0, 0.05) is 16.6 Å². The maximum atomic E-state index is 11.8. The molecule has 0 saturated carbocycles. The Morgan fingerprint density at radius 2 is 1.70 bits per heavy atom. The highest BCUT2D eigenvalue weighted by atomic mass is 35.5. The summed E-state index contributed by atoms with van der Waals surface area (Å²) in [6, 6.07) is 11.2. The van der Waals surface area contributed by atoms with Crippen molar-refractivity contribution in [2.24, 2.45) is 0 Å². The lowest BCUT2D eigenvalue weighted by Crippen LogP contribution is -2.30. The van der Waals surface area contributed by atoms with Crippen molar-refractivity contribution in [3.8, 4) is 5.75 Å². The average Bonchev–Trinajstić information content (AvgIpc) is 2.52. The Balaban J connectivity index is 1.76. The van der Waals surface area contributed by atoms with Gasteiger partial charge in [-0.15, -0.1) is 0 Å². The van der Waals surface area contributed by atoms with E-state index in [2.05, 4.69) is 5.32 Å². The Labute approximate surface area is 146 Å². The minimum Gasteiger partial charge on any atom is -0.484 e. The second-order valence-corrected chi connectivity index (χ2v) is 6.20. The molecule has 0 radical (unpaired) electrons. The van der Waals surface area contributed by atoms with Gasteiger partial charge < -0.3 is 10.1 Å². The normalized spacial score (nSPS) is 10.4. The molecule has 0 heterocycles. The lowest BCUT2D eigenvalue weighted by atomic mass is 10.1. The van der Waals surface area contributed by atoms with Crippen LogP contribution in [0.15, 0.2) is 36.4 Å². The van der Waals surface area contributed by atoms with Gasteiger partial charge in [-0.3, -0.25) is 4.79 Å². The van der Waals surface area contributed by atoms with Crippen LogP contribution >= 0.6 is 23.2 Å². The lowest BCUT2D eigenvalue weighted by molar-refractivity contribution is -0.123. The summed E-state index contributed by atoms with van der Waals surface area (Å²) < 4.78 is 5.51. The van der Waals surface area contributed by atoms with Crippen LogP contribution < -0.4 is 10.1 Å². The Morgan fingerprint density at radius 3 is 2.30 bits per heavy atom. The number of ether oxygens (including phenoxy) is 1. The number of benzene rings is 2. The molecule has 0 aliphatic rings. The number of hydrogen-bond donors (Lipinski definition) is 1. The number of carbonyl (C=O) groups is 1. The predicted molar refractivity (Wildman–Crippen MR) is 94.6 cm³/mol. The van der Waals surface area contributed by atoms with E-state index in [4.69, 9.17) is 27.9 Å². The lowest BCUT2D eigenvalue weighted by Gasteiger charge is -2.10. The Morgan fingerprint density at radius 1 is 1.09 bits per heavy atom. The molecule has 0 saturated heterocycles. The van der Waals surface area contributed by atoms with Gasteiger partial charge in [-0.1, -0.05) is 35.3 Å². The van der Waals surface area contributed by atoms with Gasteiger partial charge in [0.2, 0.25) is 0 Å². The van der Waals surface area contributed by atoms with Gasteiger partial charge in [0.1, 0.15) is 5.75 Å². The number of aryl methyl sites for hydroxylation is 2. The number of halogens is 2. The molecule has 0 bridgehead atoms. The van der Waals surface area contributed by atoms with Crippen molar-refractivity contribution in [3.05, 3.63) is 63.1 Å². The Kier molecular flexibility index (Phi) is 6.31. The number of nitrogens with one attached hydrogen (secondary N) is 1. The van der Waals surface area contributed by atoms with Crippen molar-refractivity contribution in [1.82, 2.24) is 5.32 Å². The molecular formula is C18H19Cl2NO2. The van der Waals surface area contributed by atoms with Crippen LogP contribution in [0.25, 0.3) is 0 Å². The van der Waals surface area contributed by atoms with E-state index >= 15 is 0 Å². The van der Waals surface area contributed by atoms with Gasteiger partial charge in [-0.05, 0) is 61.2 Å². The molecule has 5 heteroatoms. The van der Waals surface area contributed by atoms with Crippen LogP contribution in [-0.4, -0.2) is 19.1 Å². The van der Waals surface area contributed by atoms with Gasteiger partial charge in [0.05, 0.1) is 0 Å². The Bertz CT molecular complexity index is 661. The minimum atomic E-state index is -0.149. The second kappa shape index (κ2) is 8.23. The minimum absolute atomic E-state index is 0.0128. The largest absolute Gasteiger partial charge is 0.484 e. The maximum Gasteiger partial charge on any atom is 0.257 e. The summed E-state index contributed by atoms with van der Waals surface area (Å²) >= 11 is 11.9. The molecule has 2 rings (SSSR count). The van der Waals surface area contributed by atoms with Gasteiger partial charge in [0.25, 0.3) is 5.91 Å². The average molecular weight is 352 g/mol. The first-order chi connectivity index (χ1) is 11.0. The molecule has 2 aromatic carbocycles. The van der Waals surface area contributed by atoms with Crippen molar-refractivity contribution >= 4 is 29.1 Å². The summed E-state index contributed by atoms with van der Waals surface area (Å²) in [7, 11) is 0. The van der Waals surface area contributed by atoms with Crippen molar-refractivity contribution in [1.29, 1.82) is 0 Å². The first kappa shape index (κ1) is 17.6. The molecule has 0 fully saturated rings. The van der Waals surface area contributed by atoms with E-state index in [1.165, 1.54) is 0 Å². The van der Waals surface area contributed by atoms with Crippen LogP contribution in [0, 0.1) is 13.8 Å². The fourth-order valence-electron chi connectivity index (χ4n) is 2.19. The number of amides is 1. The van der Waals surface area contributed by atoms with Gasteiger partial charge in [0.15, 0.2) is 6.61 Å². The van der Waals surface area contributed by atoms with Crippen LogP contribution in [0.1, 0.15) is 16.7 Å². The summed E-state index contributed by atoms with van der Waals surface area (Å²) in [5.74, 6) is 0.501. The number of carbonyl (C=O) groups excluding carboxylic acids is 1. The highest BCUT2D eigenvalue weighted by molar-refractivity contribution is 6.32. The third-order valence-electron chi connectivity index (χ3n) is 3.43. The molecule has 2 aromatic rings. The van der Waals surface area contributed by atoms with E-state index in [9.17, 15) is 4.79 Å². The SMILES string of the molecule is Cc1cc(OCC(=O)NCCc2ccc(Cl)cc2)cc(C)c1Cl. The maximum absolute atomic E-state index is 11.8. The molecule has 0 aliphatic carbocycles. The van der Waals surface area contributed by atoms with Gasteiger partial charge in [-0.25, -0.2) is 0 Å². The molecule has 1 amide bonds. The van der Waals surface area contributed by atoms with Crippen LogP contribution in [-0.2, 0) is 11.2 Å². The smallest absolute Gasteiger partial charge is 0.257 e. The van der Waals surface area contributed by atoms with E-state index in [1.807, 2.05) is 50.2 Å². The second-order valence-electron chi connectivity index (χ2n) is 5.39. The molecule has 0 aliphatic heterocycles. The molecule has 23 heavy (non-hydrogen) atoms. The van der Waals surface area contributed by atoms with E-state index in [0.717, 1.165) is 28.1 Å². The summed E-state index contributed by atoms with van der Waals surface area (Å²) in [5.41, 5.74) is 2.99. The monoisotopic (exact) mass is 351 g/mol. The van der Waals surface area contributed by atoms with E-state index in [-0.39, 0.29) is 12.5 Å². The molecule has 0 unspecified atom stereocenters. The highest BCUT2D eigenvalue weighted by Crippen LogP contribution is 2.25. The third-order valence-corrected chi connectivity index (χ3v) is 4.28. The standard InChI is InChI=1S/C18H19Cl2NO2/c1-12-9-16(10-13(2)18(12)20)23-11-17(22)21-8-7-14-3-5-15(19)6-4-14/h3-6,9-10H,7-8,11H2,1-2H3,(H,21,22). The molecule has 0 spiro atoms. The van der Waals surface area contributed by atoms with E-state index in [0.29, 0.717) is 17.3 Å². The molecule has 122 valence electrons. The summed E-state index contributed by atoms with van der Waals surface area (Å²) in [5, 5.41) is 4.27.